The third kappa shape index (κ3) is 2.14. The zero-order valence-corrected chi connectivity index (χ0v) is 6.26. The van der Waals surface area contributed by atoms with E-state index in [2.05, 4.69) is 0 Å². The van der Waals surface area contributed by atoms with Crippen LogP contribution in [-0.4, -0.2) is 16.9 Å². The van der Waals surface area contributed by atoms with Gasteiger partial charge in [0.05, 0.1) is 0 Å². The van der Waals surface area contributed by atoms with Gasteiger partial charge in [0, 0.05) is 5.41 Å². The standard InChI is InChI=1S/C6H11NO3/c1-6(2,3)4(8)5(9)7-10/h10H,1-3H3,(H,7,9). The highest BCUT2D eigenvalue weighted by Crippen LogP contribution is 2.13. The molecule has 0 radical (unpaired) electrons. The summed E-state index contributed by atoms with van der Waals surface area (Å²) >= 11 is 0. The molecule has 0 aromatic heterocycles. The molecule has 1 amide bonds. The first-order chi connectivity index (χ1) is 4.39. The third-order valence-electron chi connectivity index (χ3n) is 0.989. The van der Waals surface area contributed by atoms with Gasteiger partial charge in [-0.15, -0.1) is 0 Å². The third-order valence-corrected chi connectivity index (χ3v) is 0.989. The first-order valence-corrected chi connectivity index (χ1v) is 2.88. The van der Waals surface area contributed by atoms with E-state index in [-0.39, 0.29) is 0 Å². The molecule has 4 nitrogen and oxygen atoms in total. The van der Waals surface area contributed by atoms with Crippen molar-refractivity contribution in [2.24, 2.45) is 5.41 Å². The Kier molecular flexibility index (Phi) is 2.54. The van der Waals surface area contributed by atoms with E-state index in [4.69, 9.17) is 5.21 Å². The molecule has 0 fully saturated rings. The normalized spacial score (nSPS) is 10.8. The zero-order valence-electron chi connectivity index (χ0n) is 6.26. The topological polar surface area (TPSA) is 66.4 Å². The Morgan fingerprint density at radius 1 is 1.30 bits per heavy atom. The number of nitrogens with one attached hydrogen (secondary N) is 1. The maximum atomic E-state index is 10.8. The molecule has 10 heavy (non-hydrogen) atoms. The summed E-state index contributed by atoms with van der Waals surface area (Å²) < 4.78 is 0. The molecule has 0 aliphatic heterocycles. The minimum Gasteiger partial charge on any atom is -0.288 e. The molecule has 0 aliphatic carbocycles. The SMILES string of the molecule is CC(C)(C)C(=O)C(=O)NO. The van der Waals surface area contributed by atoms with Crippen molar-refractivity contribution in [2.45, 2.75) is 20.8 Å². The summed E-state index contributed by atoms with van der Waals surface area (Å²) in [6.07, 6.45) is 0. The number of amides is 1. The van der Waals surface area contributed by atoms with Crippen LogP contribution in [0.2, 0.25) is 0 Å². The lowest BCUT2D eigenvalue weighted by molar-refractivity contribution is -0.147. The molecule has 0 aromatic carbocycles. The fraction of sp³-hybridized carbons (Fsp3) is 0.667. The molecule has 2 N–H and O–H groups in total. The number of carbonyl (C=O) groups excluding carboxylic acids is 2. The van der Waals surface area contributed by atoms with Gasteiger partial charge in [0.25, 0.3) is 0 Å². The molecule has 0 unspecified atom stereocenters. The van der Waals surface area contributed by atoms with Crippen LogP contribution in [0.5, 0.6) is 0 Å². The molecule has 0 aliphatic rings. The van der Waals surface area contributed by atoms with Gasteiger partial charge in [-0.2, -0.15) is 0 Å². The number of hydroxylamine groups is 1. The van der Waals surface area contributed by atoms with Gasteiger partial charge >= 0.3 is 5.91 Å². The molecule has 0 heterocycles. The van der Waals surface area contributed by atoms with Crippen molar-refractivity contribution in [3.63, 3.8) is 0 Å². The number of Topliss-reactive ketones (excluding diaryl/α,β-unsaturated/α-hetero) is 1. The van der Waals surface area contributed by atoms with E-state index in [1.54, 1.807) is 20.8 Å². The molecule has 4 heteroatoms. The second kappa shape index (κ2) is 2.79. The van der Waals surface area contributed by atoms with Crippen molar-refractivity contribution in [1.29, 1.82) is 0 Å². The maximum Gasteiger partial charge on any atom is 0.311 e. The Bertz CT molecular complexity index is 157. The molecule has 0 saturated carbocycles. The quantitative estimate of drug-likeness (QED) is 0.312. The highest BCUT2D eigenvalue weighted by molar-refractivity contribution is 6.37. The predicted octanol–water partition coefficient (Wildman–Crippen LogP) is 0.107. The molecule has 0 atom stereocenters. The molecule has 0 rings (SSSR count). The van der Waals surface area contributed by atoms with Gasteiger partial charge in [0.2, 0.25) is 5.78 Å². The van der Waals surface area contributed by atoms with Gasteiger partial charge < -0.3 is 0 Å². The van der Waals surface area contributed by atoms with Crippen LogP contribution in [0.3, 0.4) is 0 Å². The van der Waals surface area contributed by atoms with Crippen LogP contribution in [0.1, 0.15) is 20.8 Å². The fourth-order valence-electron chi connectivity index (χ4n) is 0.391. The molecule has 0 spiro atoms. The Hall–Kier alpha value is -0.900. The van der Waals surface area contributed by atoms with Crippen molar-refractivity contribution in [1.82, 2.24) is 5.48 Å². The molecule has 58 valence electrons. The summed E-state index contributed by atoms with van der Waals surface area (Å²) in [6.45, 7) is 4.81. The van der Waals surface area contributed by atoms with E-state index in [1.807, 2.05) is 0 Å². The highest BCUT2D eigenvalue weighted by atomic mass is 16.5. The van der Waals surface area contributed by atoms with Crippen LogP contribution in [-0.2, 0) is 9.59 Å². The van der Waals surface area contributed by atoms with E-state index in [1.165, 1.54) is 5.48 Å². The fourth-order valence-corrected chi connectivity index (χ4v) is 0.391. The minimum atomic E-state index is -0.965. The number of ketones is 1. The monoisotopic (exact) mass is 145 g/mol. The second-order valence-corrected chi connectivity index (χ2v) is 3.02. The summed E-state index contributed by atoms with van der Waals surface area (Å²) in [5.74, 6) is -1.59. The second-order valence-electron chi connectivity index (χ2n) is 3.02. The van der Waals surface area contributed by atoms with Gasteiger partial charge in [0.15, 0.2) is 0 Å². The van der Waals surface area contributed by atoms with Crippen LogP contribution in [0.4, 0.5) is 0 Å². The predicted molar refractivity (Wildman–Crippen MR) is 34.4 cm³/mol. The Morgan fingerprint density at radius 2 is 1.70 bits per heavy atom. The molecular formula is C6H11NO3. The van der Waals surface area contributed by atoms with E-state index in [0.29, 0.717) is 0 Å². The number of hydrogen-bond acceptors (Lipinski definition) is 3. The van der Waals surface area contributed by atoms with Gasteiger partial charge in [-0.25, -0.2) is 5.48 Å². The van der Waals surface area contributed by atoms with Crippen LogP contribution in [0.25, 0.3) is 0 Å². The zero-order chi connectivity index (χ0) is 8.36. The van der Waals surface area contributed by atoms with Gasteiger partial charge in [-0.05, 0) is 0 Å². The van der Waals surface area contributed by atoms with Gasteiger partial charge in [0.1, 0.15) is 0 Å². The average molecular weight is 145 g/mol. The van der Waals surface area contributed by atoms with Gasteiger partial charge in [-0.3, -0.25) is 14.8 Å². The summed E-state index contributed by atoms with van der Waals surface area (Å²) in [6, 6.07) is 0. The molecule has 0 bridgehead atoms. The van der Waals surface area contributed by atoms with Crippen LogP contribution in [0, 0.1) is 5.41 Å². The smallest absolute Gasteiger partial charge is 0.288 e. The Labute approximate surface area is 59.2 Å². The molecule has 0 saturated heterocycles. The van der Waals surface area contributed by atoms with Crippen LogP contribution < -0.4 is 5.48 Å². The van der Waals surface area contributed by atoms with Gasteiger partial charge in [-0.1, -0.05) is 20.8 Å². The Balaban J connectivity index is 4.24. The van der Waals surface area contributed by atoms with Crippen LogP contribution in [0.15, 0.2) is 0 Å². The van der Waals surface area contributed by atoms with Crippen molar-refractivity contribution >= 4 is 11.7 Å². The van der Waals surface area contributed by atoms with E-state index in [0.717, 1.165) is 0 Å². The molecule has 0 aromatic rings. The van der Waals surface area contributed by atoms with E-state index >= 15 is 0 Å². The first kappa shape index (κ1) is 9.10. The molecular weight excluding hydrogens is 134 g/mol. The number of rotatable bonds is 1. The summed E-state index contributed by atoms with van der Waals surface area (Å²) in [4.78, 5) is 21.3. The minimum absolute atomic E-state index is 0.630. The first-order valence-electron chi connectivity index (χ1n) is 2.88. The average Bonchev–Trinajstić information content (AvgIpc) is 1.83. The maximum absolute atomic E-state index is 10.8. The highest BCUT2D eigenvalue weighted by Gasteiger charge is 2.27. The number of carbonyl (C=O) groups is 2. The lowest BCUT2D eigenvalue weighted by Crippen LogP contribution is -2.36. The van der Waals surface area contributed by atoms with E-state index < -0.39 is 17.1 Å². The summed E-state index contributed by atoms with van der Waals surface area (Å²) in [5.41, 5.74) is 0.553. The summed E-state index contributed by atoms with van der Waals surface area (Å²) in [5, 5.41) is 8.05. The van der Waals surface area contributed by atoms with Crippen molar-refractivity contribution in [3.8, 4) is 0 Å². The number of hydrogen-bond donors (Lipinski definition) is 2. The van der Waals surface area contributed by atoms with E-state index in [9.17, 15) is 9.59 Å². The van der Waals surface area contributed by atoms with Crippen molar-refractivity contribution in [2.75, 3.05) is 0 Å². The largest absolute Gasteiger partial charge is 0.311 e. The Morgan fingerprint density at radius 3 is 1.80 bits per heavy atom. The lowest BCUT2D eigenvalue weighted by atomic mass is 9.90. The van der Waals surface area contributed by atoms with Crippen molar-refractivity contribution < 1.29 is 14.8 Å². The summed E-state index contributed by atoms with van der Waals surface area (Å²) in [7, 11) is 0. The van der Waals surface area contributed by atoms with Crippen molar-refractivity contribution in [3.05, 3.63) is 0 Å². The lowest BCUT2D eigenvalue weighted by Gasteiger charge is -2.13. The van der Waals surface area contributed by atoms with Crippen LogP contribution >= 0.6 is 0 Å².